The minimum atomic E-state index is 0.411. The first kappa shape index (κ1) is 13.6. The molecule has 0 aliphatic carbocycles. The lowest BCUT2D eigenvalue weighted by molar-refractivity contribution is 0.0663. The van der Waals surface area contributed by atoms with Crippen molar-refractivity contribution in [3.63, 3.8) is 0 Å². The van der Waals surface area contributed by atoms with Crippen LogP contribution in [0.15, 0.2) is 40.9 Å². The molecule has 1 atom stereocenters. The van der Waals surface area contributed by atoms with Crippen LogP contribution < -0.4 is 0 Å². The van der Waals surface area contributed by atoms with Crippen LogP contribution >= 0.6 is 31.9 Å². The first-order valence-corrected chi connectivity index (χ1v) is 8.37. The van der Waals surface area contributed by atoms with E-state index >= 15 is 0 Å². The summed E-state index contributed by atoms with van der Waals surface area (Å²) in [6, 6.07) is 13.0. The van der Waals surface area contributed by atoms with Gasteiger partial charge < -0.3 is 4.74 Å². The van der Waals surface area contributed by atoms with Crippen molar-refractivity contribution in [2.45, 2.75) is 17.7 Å². The average Bonchev–Trinajstić information content (AvgIpc) is 2.48. The van der Waals surface area contributed by atoms with E-state index in [9.17, 15) is 0 Å². The normalized spacial score (nSPS) is 18.6. The summed E-state index contributed by atoms with van der Waals surface area (Å²) >= 11 is 7.56. The van der Waals surface area contributed by atoms with Crippen molar-refractivity contribution in [1.82, 2.24) is 0 Å². The van der Waals surface area contributed by atoms with Crippen molar-refractivity contribution in [3.05, 3.63) is 46.4 Å². The standard InChI is InChI=1S/C16H16Br2O/c17-15-6-5-14(12-3-1-2-4-13(12)15)16(18)11-7-9-19-10-8-11/h1-6,11,16H,7-10H2. The van der Waals surface area contributed by atoms with Gasteiger partial charge in [0.2, 0.25) is 0 Å². The fraction of sp³-hybridized carbons (Fsp3) is 0.375. The maximum atomic E-state index is 5.46. The molecule has 1 nitrogen and oxygen atoms in total. The summed E-state index contributed by atoms with van der Waals surface area (Å²) in [5.41, 5.74) is 1.39. The summed E-state index contributed by atoms with van der Waals surface area (Å²) in [5.74, 6) is 0.665. The first-order valence-electron chi connectivity index (χ1n) is 6.66. The van der Waals surface area contributed by atoms with Crippen molar-refractivity contribution in [1.29, 1.82) is 0 Å². The Morgan fingerprint density at radius 1 is 1.00 bits per heavy atom. The number of fused-ring (bicyclic) bond motifs is 1. The summed E-state index contributed by atoms with van der Waals surface area (Å²) in [5, 5.41) is 2.63. The number of halogens is 2. The number of hydrogen-bond acceptors (Lipinski definition) is 1. The molecule has 0 bridgehead atoms. The topological polar surface area (TPSA) is 9.23 Å². The molecule has 0 spiro atoms. The Labute approximate surface area is 130 Å². The summed E-state index contributed by atoms with van der Waals surface area (Å²) in [6.45, 7) is 1.78. The van der Waals surface area contributed by atoms with Gasteiger partial charge in [0.05, 0.1) is 0 Å². The van der Waals surface area contributed by atoms with Gasteiger partial charge in [-0.3, -0.25) is 0 Å². The lowest BCUT2D eigenvalue weighted by Crippen LogP contribution is -2.19. The summed E-state index contributed by atoms with van der Waals surface area (Å²) < 4.78 is 6.63. The van der Waals surface area contributed by atoms with Crippen LogP contribution in [0.1, 0.15) is 23.2 Å². The SMILES string of the molecule is Brc1ccc(C(Br)C2CCOCC2)c2ccccc12. The molecule has 0 N–H and O–H groups in total. The van der Waals surface area contributed by atoms with Gasteiger partial charge >= 0.3 is 0 Å². The number of benzene rings is 2. The Bertz CT molecular complexity index is 576. The number of rotatable bonds is 2. The number of hydrogen-bond donors (Lipinski definition) is 0. The first-order chi connectivity index (χ1) is 9.27. The highest BCUT2D eigenvalue weighted by molar-refractivity contribution is 9.10. The molecule has 100 valence electrons. The van der Waals surface area contributed by atoms with Gasteiger partial charge in [-0.1, -0.05) is 62.2 Å². The Kier molecular flexibility index (Phi) is 4.25. The van der Waals surface area contributed by atoms with Crippen LogP contribution in [0.5, 0.6) is 0 Å². The molecule has 1 aliphatic heterocycles. The zero-order chi connectivity index (χ0) is 13.2. The second-order valence-corrected chi connectivity index (χ2v) is 6.87. The predicted octanol–water partition coefficient (Wildman–Crippen LogP) is 5.46. The highest BCUT2D eigenvalue weighted by Gasteiger charge is 2.24. The van der Waals surface area contributed by atoms with Gasteiger partial charge in [0.15, 0.2) is 0 Å². The lowest BCUT2D eigenvalue weighted by atomic mass is 9.90. The summed E-state index contributed by atoms with van der Waals surface area (Å²) in [6.07, 6.45) is 2.28. The van der Waals surface area contributed by atoms with Crippen LogP contribution in [-0.2, 0) is 4.74 Å². The number of alkyl halides is 1. The molecule has 2 aromatic rings. The Hall–Kier alpha value is -0.380. The fourth-order valence-corrected chi connectivity index (χ4v) is 4.19. The Balaban J connectivity index is 2.02. The van der Waals surface area contributed by atoms with Gasteiger partial charge in [-0.2, -0.15) is 0 Å². The Morgan fingerprint density at radius 3 is 2.42 bits per heavy atom. The van der Waals surface area contributed by atoms with Crippen molar-refractivity contribution >= 4 is 42.6 Å². The van der Waals surface area contributed by atoms with E-state index in [0.29, 0.717) is 10.7 Å². The van der Waals surface area contributed by atoms with E-state index < -0.39 is 0 Å². The molecule has 19 heavy (non-hydrogen) atoms. The van der Waals surface area contributed by atoms with Crippen LogP contribution in [0.25, 0.3) is 10.8 Å². The second-order valence-electron chi connectivity index (χ2n) is 5.03. The summed E-state index contributed by atoms with van der Waals surface area (Å²) in [7, 11) is 0. The maximum Gasteiger partial charge on any atom is 0.0469 e. The highest BCUT2D eigenvalue weighted by atomic mass is 79.9. The summed E-state index contributed by atoms with van der Waals surface area (Å²) in [4.78, 5) is 0.411. The number of ether oxygens (including phenoxy) is 1. The van der Waals surface area contributed by atoms with E-state index in [1.54, 1.807) is 0 Å². The Morgan fingerprint density at radius 2 is 1.68 bits per heavy atom. The maximum absolute atomic E-state index is 5.46. The van der Waals surface area contributed by atoms with Crippen molar-refractivity contribution in [3.8, 4) is 0 Å². The van der Waals surface area contributed by atoms with Crippen LogP contribution in [0.3, 0.4) is 0 Å². The molecule has 3 rings (SSSR count). The third-order valence-electron chi connectivity index (χ3n) is 3.88. The van der Waals surface area contributed by atoms with E-state index in [0.717, 1.165) is 26.1 Å². The average molecular weight is 384 g/mol. The van der Waals surface area contributed by atoms with Crippen LogP contribution in [0.2, 0.25) is 0 Å². The van der Waals surface area contributed by atoms with Gasteiger partial charge in [0, 0.05) is 22.5 Å². The van der Waals surface area contributed by atoms with Crippen LogP contribution in [-0.4, -0.2) is 13.2 Å². The monoisotopic (exact) mass is 382 g/mol. The minimum Gasteiger partial charge on any atom is -0.381 e. The van der Waals surface area contributed by atoms with E-state index in [-0.39, 0.29) is 0 Å². The van der Waals surface area contributed by atoms with Gasteiger partial charge in [0.25, 0.3) is 0 Å². The molecule has 1 aliphatic rings. The molecule has 1 fully saturated rings. The largest absolute Gasteiger partial charge is 0.381 e. The van der Waals surface area contributed by atoms with E-state index in [2.05, 4.69) is 68.3 Å². The fourth-order valence-electron chi connectivity index (χ4n) is 2.79. The molecule has 0 radical (unpaired) electrons. The molecule has 0 amide bonds. The van der Waals surface area contributed by atoms with Crippen molar-refractivity contribution in [2.24, 2.45) is 5.92 Å². The van der Waals surface area contributed by atoms with Gasteiger partial charge in [-0.15, -0.1) is 0 Å². The highest BCUT2D eigenvalue weighted by Crippen LogP contribution is 2.41. The molecule has 0 saturated carbocycles. The molecule has 1 heterocycles. The third kappa shape index (κ3) is 2.74. The second kappa shape index (κ2) is 5.94. The molecular weight excluding hydrogens is 368 g/mol. The van der Waals surface area contributed by atoms with E-state index in [1.165, 1.54) is 20.8 Å². The van der Waals surface area contributed by atoms with E-state index in [4.69, 9.17) is 4.74 Å². The quantitative estimate of drug-likeness (QED) is 0.625. The minimum absolute atomic E-state index is 0.411. The molecule has 2 aromatic carbocycles. The molecule has 1 unspecified atom stereocenters. The van der Waals surface area contributed by atoms with Gasteiger partial charge in [-0.05, 0) is 41.2 Å². The molecule has 3 heteroatoms. The predicted molar refractivity (Wildman–Crippen MR) is 86.9 cm³/mol. The zero-order valence-electron chi connectivity index (χ0n) is 10.6. The van der Waals surface area contributed by atoms with Crippen LogP contribution in [0.4, 0.5) is 0 Å². The smallest absolute Gasteiger partial charge is 0.0469 e. The molecule has 1 saturated heterocycles. The third-order valence-corrected chi connectivity index (χ3v) is 5.81. The van der Waals surface area contributed by atoms with Crippen molar-refractivity contribution in [2.75, 3.05) is 13.2 Å². The van der Waals surface area contributed by atoms with E-state index in [1.807, 2.05) is 0 Å². The molecule has 0 aromatic heterocycles. The zero-order valence-corrected chi connectivity index (χ0v) is 13.8. The van der Waals surface area contributed by atoms with Gasteiger partial charge in [-0.25, -0.2) is 0 Å². The molecular formula is C16H16Br2O. The van der Waals surface area contributed by atoms with Crippen molar-refractivity contribution < 1.29 is 4.74 Å². The van der Waals surface area contributed by atoms with Crippen LogP contribution in [0, 0.1) is 5.92 Å². The lowest BCUT2D eigenvalue weighted by Gasteiger charge is -2.27. The van der Waals surface area contributed by atoms with Gasteiger partial charge in [0.1, 0.15) is 0 Å².